The Bertz CT molecular complexity index is 1060. The van der Waals surface area contributed by atoms with Crippen molar-refractivity contribution in [3.63, 3.8) is 0 Å². The fraction of sp³-hybridized carbons (Fsp3) is 0.346. The van der Waals surface area contributed by atoms with E-state index in [0.717, 1.165) is 60.3 Å². The lowest BCUT2D eigenvalue weighted by Crippen LogP contribution is -2.41. The Morgan fingerprint density at radius 3 is 2.21 bits per heavy atom. The third-order valence-electron chi connectivity index (χ3n) is 5.96. The Hall–Kier alpha value is -3.81. The molecular formula is C26H30N4O4. The molecule has 1 aliphatic rings. The summed E-state index contributed by atoms with van der Waals surface area (Å²) in [4.78, 5) is 23.7. The number of carbonyl (C=O) groups is 1. The molecule has 1 saturated heterocycles. The number of benzene rings is 2. The van der Waals surface area contributed by atoms with E-state index in [1.807, 2.05) is 54.6 Å². The van der Waals surface area contributed by atoms with Crippen LogP contribution in [-0.4, -0.2) is 56.3 Å². The van der Waals surface area contributed by atoms with Gasteiger partial charge in [-0.1, -0.05) is 0 Å². The molecule has 0 aliphatic carbocycles. The van der Waals surface area contributed by atoms with E-state index >= 15 is 0 Å². The Labute approximate surface area is 199 Å². The van der Waals surface area contributed by atoms with Crippen molar-refractivity contribution in [2.75, 3.05) is 45.4 Å². The van der Waals surface area contributed by atoms with Crippen LogP contribution < -0.4 is 24.4 Å². The summed E-state index contributed by atoms with van der Waals surface area (Å²) in [5, 5.41) is 3.00. The van der Waals surface area contributed by atoms with Gasteiger partial charge in [-0.05, 0) is 61.4 Å². The van der Waals surface area contributed by atoms with Gasteiger partial charge in [0.15, 0.2) is 0 Å². The van der Waals surface area contributed by atoms with E-state index in [9.17, 15) is 4.79 Å². The van der Waals surface area contributed by atoms with Crippen molar-refractivity contribution in [3.05, 3.63) is 60.9 Å². The summed E-state index contributed by atoms with van der Waals surface area (Å²) >= 11 is 0. The number of nitrogens with zero attached hydrogens (tertiary/aromatic N) is 3. The number of aromatic nitrogens is 2. The second-order valence-electron chi connectivity index (χ2n) is 8.07. The number of ether oxygens (including phenoxy) is 3. The number of hydrogen-bond acceptors (Lipinski definition) is 7. The highest BCUT2D eigenvalue weighted by molar-refractivity contribution is 5.79. The van der Waals surface area contributed by atoms with Crippen molar-refractivity contribution in [2.24, 2.45) is 5.92 Å². The zero-order chi connectivity index (χ0) is 23.8. The van der Waals surface area contributed by atoms with Crippen molar-refractivity contribution in [3.8, 4) is 28.5 Å². The normalized spacial score (nSPS) is 13.9. The van der Waals surface area contributed by atoms with E-state index in [1.54, 1.807) is 20.5 Å². The summed E-state index contributed by atoms with van der Waals surface area (Å²) in [7, 11) is 3.28. The smallest absolute Gasteiger partial charge is 0.223 e. The largest absolute Gasteiger partial charge is 0.497 e. The average Bonchev–Trinajstić information content (AvgIpc) is 2.91. The van der Waals surface area contributed by atoms with Crippen LogP contribution in [0.2, 0.25) is 0 Å². The fourth-order valence-electron chi connectivity index (χ4n) is 3.97. The number of rotatable bonds is 9. The molecular weight excluding hydrogens is 432 g/mol. The zero-order valence-corrected chi connectivity index (χ0v) is 19.6. The Balaban J connectivity index is 1.23. The molecule has 1 aromatic heterocycles. The number of piperidine rings is 1. The first-order valence-electron chi connectivity index (χ1n) is 11.4. The molecule has 1 N–H and O–H groups in total. The third kappa shape index (κ3) is 5.95. The highest BCUT2D eigenvalue weighted by Crippen LogP contribution is 2.26. The quantitative estimate of drug-likeness (QED) is 0.487. The highest BCUT2D eigenvalue weighted by atomic mass is 16.5. The standard InChI is InChI=1S/C26H30N4O4/c1-32-21-5-3-19(4-6-21)24-17-25(29-18-28-24)30-14-11-20(12-15-30)26(31)27-13-16-34-23-9-7-22(33-2)8-10-23/h3-10,17-18,20H,11-16H2,1-2H3,(H,27,31). The molecule has 1 fully saturated rings. The Kier molecular flexibility index (Phi) is 7.80. The van der Waals surface area contributed by atoms with Crippen molar-refractivity contribution in [2.45, 2.75) is 12.8 Å². The van der Waals surface area contributed by atoms with Gasteiger partial charge in [-0.25, -0.2) is 9.97 Å². The van der Waals surface area contributed by atoms with E-state index in [0.29, 0.717) is 13.2 Å². The van der Waals surface area contributed by atoms with Crippen molar-refractivity contribution < 1.29 is 19.0 Å². The minimum Gasteiger partial charge on any atom is -0.497 e. The van der Waals surface area contributed by atoms with Gasteiger partial charge in [-0.3, -0.25) is 4.79 Å². The Morgan fingerprint density at radius 2 is 1.56 bits per heavy atom. The molecule has 1 amide bonds. The van der Waals surface area contributed by atoms with Gasteiger partial charge in [-0.2, -0.15) is 0 Å². The Morgan fingerprint density at radius 1 is 0.941 bits per heavy atom. The minimum atomic E-state index is 0.000122. The van der Waals surface area contributed by atoms with Gasteiger partial charge in [0.1, 0.15) is 36.0 Å². The van der Waals surface area contributed by atoms with Gasteiger partial charge in [0.2, 0.25) is 5.91 Å². The van der Waals surface area contributed by atoms with Crippen LogP contribution in [-0.2, 0) is 4.79 Å². The molecule has 2 heterocycles. The minimum absolute atomic E-state index is 0.000122. The molecule has 1 aliphatic heterocycles. The summed E-state index contributed by atoms with van der Waals surface area (Å²) in [6.45, 7) is 2.45. The SMILES string of the molecule is COc1ccc(OCCNC(=O)C2CCN(c3cc(-c4ccc(OC)cc4)ncn3)CC2)cc1. The maximum atomic E-state index is 12.6. The third-order valence-corrected chi connectivity index (χ3v) is 5.96. The summed E-state index contributed by atoms with van der Waals surface area (Å²) in [5.41, 5.74) is 1.87. The lowest BCUT2D eigenvalue weighted by molar-refractivity contribution is -0.125. The molecule has 4 rings (SSSR count). The molecule has 0 spiro atoms. The zero-order valence-electron chi connectivity index (χ0n) is 19.6. The molecule has 0 atom stereocenters. The van der Waals surface area contributed by atoms with E-state index in [1.165, 1.54) is 0 Å². The van der Waals surface area contributed by atoms with Crippen LogP contribution in [0, 0.1) is 5.92 Å². The first-order valence-corrected chi connectivity index (χ1v) is 11.4. The van der Waals surface area contributed by atoms with Crippen molar-refractivity contribution >= 4 is 11.7 Å². The molecule has 0 unspecified atom stereocenters. The molecule has 0 saturated carbocycles. The number of carbonyl (C=O) groups excluding carboxylic acids is 1. The molecule has 8 nitrogen and oxygen atoms in total. The van der Waals surface area contributed by atoms with Gasteiger partial charge >= 0.3 is 0 Å². The van der Waals surface area contributed by atoms with Gasteiger partial charge in [0.05, 0.1) is 26.5 Å². The first kappa shape index (κ1) is 23.4. The summed E-state index contributed by atoms with van der Waals surface area (Å²) in [6, 6.07) is 17.2. The maximum Gasteiger partial charge on any atom is 0.223 e. The lowest BCUT2D eigenvalue weighted by atomic mass is 9.96. The van der Waals surface area contributed by atoms with Crippen LogP contribution >= 0.6 is 0 Å². The maximum absolute atomic E-state index is 12.6. The molecule has 3 aromatic rings. The van der Waals surface area contributed by atoms with Gasteiger partial charge in [0.25, 0.3) is 0 Å². The molecule has 178 valence electrons. The van der Waals surface area contributed by atoms with E-state index in [2.05, 4.69) is 20.2 Å². The molecule has 2 aromatic carbocycles. The van der Waals surface area contributed by atoms with Crippen LogP contribution in [0.25, 0.3) is 11.3 Å². The average molecular weight is 463 g/mol. The monoisotopic (exact) mass is 462 g/mol. The fourth-order valence-corrected chi connectivity index (χ4v) is 3.97. The topological polar surface area (TPSA) is 85.8 Å². The predicted molar refractivity (Wildman–Crippen MR) is 130 cm³/mol. The molecule has 8 heteroatoms. The van der Waals surface area contributed by atoms with E-state index < -0.39 is 0 Å². The summed E-state index contributed by atoms with van der Waals surface area (Å²) in [6.07, 6.45) is 3.16. The second-order valence-corrected chi connectivity index (χ2v) is 8.07. The van der Waals surface area contributed by atoms with Crippen LogP contribution in [0.15, 0.2) is 60.9 Å². The van der Waals surface area contributed by atoms with Crippen LogP contribution in [0.1, 0.15) is 12.8 Å². The van der Waals surface area contributed by atoms with Crippen molar-refractivity contribution in [1.82, 2.24) is 15.3 Å². The molecule has 34 heavy (non-hydrogen) atoms. The highest BCUT2D eigenvalue weighted by Gasteiger charge is 2.25. The lowest BCUT2D eigenvalue weighted by Gasteiger charge is -2.32. The molecule has 0 radical (unpaired) electrons. The first-order chi connectivity index (χ1) is 16.7. The van der Waals surface area contributed by atoms with E-state index in [-0.39, 0.29) is 11.8 Å². The van der Waals surface area contributed by atoms with Gasteiger partial charge in [-0.15, -0.1) is 0 Å². The summed E-state index contributed by atoms with van der Waals surface area (Å²) < 4.78 is 16.0. The van der Waals surface area contributed by atoms with E-state index in [4.69, 9.17) is 14.2 Å². The van der Waals surface area contributed by atoms with Crippen LogP contribution in [0.3, 0.4) is 0 Å². The predicted octanol–water partition coefficient (Wildman–Crippen LogP) is 3.57. The second kappa shape index (κ2) is 11.4. The number of nitrogens with one attached hydrogen (secondary N) is 1. The van der Waals surface area contributed by atoms with Gasteiger partial charge in [0, 0.05) is 30.6 Å². The van der Waals surface area contributed by atoms with Gasteiger partial charge < -0.3 is 24.4 Å². The molecule has 0 bridgehead atoms. The summed E-state index contributed by atoms with van der Waals surface area (Å²) in [5.74, 6) is 3.31. The number of amides is 1. The van der Waals surface area contributed by atoms with Crippen molar-refractivity contribution in [1.29, 1.82) is 0 Å². The number of anilines is 1. The number of hydrogen-bond donors (Lipinski definition) is 1. The van der Waals surface area contributed by atoms with Crippen LogP contribution in [0.5, 0.6) is 17.2 Å². The number of methoxy groups -OCH3 is 2. The van der Waals surface area contributed by atoms with Crippen LogP contribution in [0.4, 0.5) is 5.82 Å².